The van der Waals surface area contributed by atoms with Gasteiger partial charge in [0.05, 0.1) is 24.9 Å². The van der Waals surface area contributed by atoms with Gasteiger partial charge in [-0.3, -0.25) is 4.79 Å². The van der Waals surface area contributed by atoms with E-state index in [1.807, 2.05) is 0 Å². The van der Waals surface area contributed by atoms with E-state index in [0.29, 0.717) is 28.3 Å². The lowest BCUT2D eigenvalue weighted by molar-refractivity contribution is -0.120. The third kappa shape index (κ3) is 4.41. The number of carbonyl (C=O) groups excluding carboxylic acids is 1. The molecule has 0 spiro atoms. The molecule has 0 aromatic heterocycles. The Balaban J connectivity index is 0.00000242. The van der Waals surface area contributed by atoms with Crippen LogP contribution in [0.5, 0.6) is 11.5 Å². The molecular formula is C15H22Cl2N2O3. The molecule has 1 aliphatic heterocycles. The Labute approximate surface area is 142 Å². The number of anilines is 1. The molecule has 0 saturated carbocycles. The van der Waals surface area contributed by atoms with Crippen LogP contribution in [0.15, 0.2) is 12.1 Å². The summed E-state index contributed by atoms with van der Waals surface area (Å²) >= 11 is 6.06. The second kappa shape index (κ2) is 8.46. The van der Waals surface area contributed by atoms with Crippen LogP contribution in [0.4, 0.5) is 5.69 Å². The van der Waals surface area contributed by atoms with Crippen LogP contribution in [-0.2, 0) is 4.79 Å². The molecule has 0 bridgehead atoms. The molecule has 2 atom stereocenters. The number of hydrogen-bond donors (Lipinski definition) is 2. The number of hydrogen-bond acceptors (Lipinski definition) is 4. The maximum absolute atomic E-state index is 12.4. The Morgan fingerprint density at radius 2 is 2.00 bits per heavy atom. The highest BCUT2D eigenvalue weighted by atomic mass is 35.5. The van der Waals surface area contributed by atoms with Crippen LogP contribution in [0.2, 0.25) is 5.02 Å². The van der Waals surface area contributed by atoms with Crippen molar-refractivity contribution in [1.29, 1.82) is 0 Å². The van der Waals surface area contributed by atoms with Gasteiger partial charge < -0.3 is 20.1 Å². The van der Waals surface area contributed by atoms with Crippen LogP contribution in [-0.4, -0.2) is 32.7 Å². The lowest BCUT2D eigenvalue weighted by Crippen LogP contribution is -2.40. The highest BCUT2D eigenvalue weighted by Crippen LogP contribution is 2.36. The fourth-order valence-electron chi connectivity index (χ4n) is 2.56. The summed E-state index contributed by atoms with van der Waals surface area (Å²) in [5, 5.41) is 6.71. The number of nitrogens with one attached hydrogen (secondary N) is 2. The number of amides is 1. The Bertz CT molecular complexity index is 526. The molecule has 22 heavy (non-hydrogen) atoms. The molecular weight excluding hydrogens is 327 g/mol. The van der Waals surface area contributed by atoms with E-state index in [1.165, 1.54) is 7.11 Å². The molecule has 1 heterocycles. The minimum atomic E-state index is 0. The Kier molecular flexibility index (Phi) is 7.26. The maximum Gasteiger partial charge on any atom is 0.227 e. The lowest BCUT2D eigenvalue weighted by atomic mass is 9.92. The van der Waals surface area contributed by atoms with Crippen molar-refractivity contribution in [2.45, 2.75) is 25.8 Å². The highest BCUT2D eigenvalue weighted by molar-refractivity contribution is 6.32. The van der Waals surface area contributed by atoms with Crippen LogP contribution in [0, 0.1) is 5.92 Å². The van der Waals surface area contributed by atoms with E-state index in [0.717, 1.165) is 19.4 Å². The largest absolute Gasteiger partial charge is 0.495 e. The molecule has 2 rings (SSSR count). The topological polar surface area (TPSA) is 59.6 Å². The van der Waals surface area contributed by atoms with Gasteiger partial charge in [0, 0.05) is 24.1 Å². The van der Waals surface area contributed by atoms with Gasteiger partial charge in [-0.25, -0.2) is 0 Å². The first-order chi connectivity index (χ1) is 10.0. The van der Waals surface area contributed by atoms with Gasteiger partial charge in [-0.05, 0) is 26.3 Å². The van der Waals surface area contributed by atoms with Crippen molar-refractivity contribution < 1.29 is 14.3 Å². The van der Waals surface area contributed by atoms with Gasteiger partial charge in [-0.2, -0.15) is 0 Å². The van der Waals surface area contributed by atoms with Gasteiger partial charge in [-0.15, -0.1) is 12.4 Å². The summed E-state index contributed by atoms with van der Waals surface area (Å²) in [6.45, 7) is 2.95. The highest BCUT2D eigenvalue weighted by Gasteiger charge is 2.25. The van der Waals surface area contributed by atoms with Crippen molar-refractivity contribution in [3.05, 3.63) is 17.2 Å². The molecule has 1 fully saturated rings. The van der Waals surface area contributed by atoms with Crippen molar-refractivity contribution >= 4 is 35.6 Å². The SMILES string of the molecule is COc1cc(NC(=O)[C@H]2CCN[C@@H](C)C2)c(OC)cc1Cl.Cl. The Morgan fingerprint density at radius 1 is 1.32 bits per heavy atom. The average molecular weight is 349 g/mol. The van der Waals surface area contributed by atoms with E-state index in [4.69, 9.17) is 21.1 Å². The second-order valence-electron chi connectivity index (χ2n) is 5.25. The first kappa shape index (κ1) is 18.9. The molecule has 2 N–H and O–H groups in total. The molecule has 0 unspecified atom stereocenters. The summed E-state index contributed by atoms with van der Waals surface area (Å²) in [6.07, 6.45) is 1.67. The van der Waals surface area contributed by atoms with Gasteiger partial charge in [0.2, 0.25) is 5.91 Å². The molecule has 1 amide bonds. The van der Waals surface area contributed by atoms with E-state index in [9.17, 15) is 4.79 Å². The summed E-state index contributed by atoms with van der Waals surface area (Å²) in [5.74, 6) is 1.04. The van der Waals surface area contributed by atoms with E-state index in [1.54, 1.807) is 19.2 Å². The monoisotopic (exact) mass is 348 g/mol. The zero-order valence-electron chi connectivity index (χ0n) is 12.9. The Morgan fingerprint density at radius 3 is 2.59 bits per heavy atom. The fourth-order valence-corrected chi connectivity index (χ4v) is 2.79. The number of methoxy groups -OCH3 is 2. The van der Waals surface area contributed by atoms with Gasteiger partial charge in [-0.1, -0.05) is 11.6 Å². The number of carbonyl (C=O) groups is 1. The molecule has 7 heteroatoms. The van der Waals surface area contributed by atoms with Crippen LogP contribution in [0.1, 0.15) is 19.8 Å². The number of benzene rings is 1. The smallest absolute Gasteiger partial charge is 0.227 e. The van der Waals surface area contributed by atoms with Gasteiger partial charge in [0.1, 0.15) is 11.5 Å². The molecule has 1 saturated heterocycles. The molecule has 124 valence electrons. The Hall–Kier alpha value is -1.17. The van der Waals surface area contributed by atoms with E-state index in [2.05, 4.69) is 17.6 Å². The summed E-state index contributed by atoms with van der Waals surface area (Å²) in [6, 6.07) is 3.68. The molecule has 1 aromatic carbocycles. The minimum absolute atomic E-state index is 0. The first-order valence-corrected chi connectivity index (χ1v) is 7.38. The second-order valence-corrected chi connectivity index (χ2v) is 5.66. The van der Waals surface area contributed by atoms with Crippen molar-refractivity contribution in [2.24, 2.45) is 5.92 Å². The molecule has 1 aliphatic rings. The van der Waals surface area contributed by atoms with Crippen molar-refractivity contribution in [3.63, 3.8) is 0 Å². The van der Waals surface area contributed by atoms with Crippen LogP contribution < -0.4 is 20.1 Å². The van der Waals surface area contributed by atoms with Crippen LogP contribution in [0.3, 0.4) is 0 Å². The number of rotatable bonds is 4. The van der Waals surface area contributed by atoms with Crippen molar-refractivity contribution in [3.8, 4) is 11.5 Å². The van der Waals surface area contributed by atoms with Crippen LogP contribution in [0.25, 0.3) is 0 Å². The zero-order chi connectivity index (χ0) is 15.4. The summed E-state index contributed by atoms with van der Waals surface area (Å²) in [7, 11) is 3.08. The van der Waals surface area contributed by atoms with Gasteiger partial charge >= 0.3 is 0 Å². The maximum atomic E-state index is 12.4. The standard InChI is InChI=1S/C15H21ClN2O3.ClH/c1-9-6-10(4-5-17-9)15(19)18-12-8-13(20-2)11(16)7-14(12)21-3;/h7-10,17H,4-6H2,1-3H3,(H,18,19);1H/t9-,10-;/m0./s1. The van der Waals surface area contributed by atoms with Gasteiger partial charge in [0.25, 0.3) is 0 Å². The van der Waals surface area contributed by atoms with E-state index < -0.39 is 0 Å². The predicted molar refractivity (Wildman–Crippen MR) is 90.6 cm³/mol. The average Bonchev–Trinajstić information content (AvgIpc) is 2.48. The first-order valence-electron chi connectivity index (χ1n) is 7.01. The number of ether oxygens (including phenoxy) is 2. The third-order valence-electron chi connectivity index (χ3n) is 3.73. The van der Waals surface area contributed by atoms with E-state index in [-0.39, 0.29) is 24.2 Å². The van der Waals surface area contributed by atoms with E-state index >= 15 is 0 Å². The third-order valence-corrected chi connectivity index (χ3v) is 4.02. The predicted octanol–water partition coefficient (Wildman–Crippen LogP) is 3.11. The molecule has 5 nitrogen and oxygen atoms in total. The number of piperidine rings is 1. The van der Waals surface area contributed by atoms with Crippen molar-refractivity contribution in [2.75, 3.05) is 26.1 Å². The minimum Gasteiger partial charge on any atom is -0.495 e. The van der Waals surface area contributed by atoms with Crippen molar-refractivity contribution in [1.82, 2.24) is 5.32 Å². The lowest BCUT2D eigenvalue weighted by Gasteiger charge is -2.27. The quantitative estimate of drug-likeness (QED) is 0.877. The normalized spacial score (nSPS) is 20.7. The zero-order valence-corrected chi connectivity index (χ0v) is 14.5. The van der Waals surface area contributed by atoms with Gasteiger partial charge in [0.15, 0.2) is 0 Å². The summed E-state index contributed by atoms with van der Waals surface area (Å²) < 4.78 is 10.4. The number of halogens is 2. The summed E-state index contributed by atoms with van der Waals surface area (Å²) in [5.41, 5.74) is 0.579. The molecule has 1 aromatic rings. The van der Waals surface area contributed by atoms with Crippen LogP contribution >= 0.6 is 24.0 Å². The molecule has 0 aliphatic carbocycles. The molecule has 0 radical (unpaired) electrons. The fraction of sp³-hybridized carbons (Fsp3) is 0.533. The summed E-state index contributed by atoms with van der Waals surface area (Å²) in [4.78, 5) is 12.4.